The van der Waals surface area contributed by atoms with E-state index in [9.17, 15) is 9.59 Å². The van der Waals surface area contributed by atoms with Gasteiger partial charge in [-0.25, -0.2) is 4.79 Å². The molecule has 0 spiro atoms. The summed E-state index contributed by atoms with van der Waals surface area (Å²) in [5.74, 6) is -1.01. The van der Waals surface area contributed by atoms with Gasteiger partial charge in [0.1, 0.15) is 6.10 Å². The molecule has 0 aromatic carbocycles. The molecule has 1 saturated carbocycles. The Balaban J connectivity index is 2.18. The predicted octanol–water partition coefficient (Wildman–Crippen LogP) is 0.671. The van der Waals surface area contributed by atoms with E-state index in [1.807, 2.05) is 0 Å². The van der Waals surface area contributed by atoms with E-state index in [1.165, 1.54) is 0 Å². The standard InChI is InChI=1S/C8H10O3/c9-7-5-3-1-2-4-6(5)11-8(7)10/h5-6H,1-4H2. The smallest absolute Gasteiger partial charge is 0.375 e. The highest BCUT2D eigenvalue weighted by molar-refractivity contribution is 6.36. The number of carbonyl (C=O) groups is 2. The molecule has 0 bridgehead atoms. The Bertz CT molecular complexity index is 209. The Kier molecular flexibility index (Phi) is 1.44. The minimum absolute atomic E-state index is 0.0799. The van der Waals surface area contributed by atoms with E-state index in [0.717, 1.165) is 25.7 Å². The highest BCUT2D eigenvalue weighted by Crippen LogP contribution is 2.32. The molecule has 2 fully saturated rings. The zero-order valence-corrected chi connectivity index (χ0v) is 6.21. The number of esters is 1. The normalized spacial score (nSPS) is 36.7. The Hall–Kier alpha value is -0.860. The van der Waals surface area contributed by atoms with Gasteiger partial charge in [0.2, 0.25) is 5.78 Å². The fraction of sp³-hybridized carbons (Fsp3) is 0.750. The minimum atomic E-state index is -0.609. The maximum absolute atomic E-state index is 11.1. The maximum Gasteiger partial charge on any atom is 0.375 e. The van der Waals surface area contributed by atoms with Gasteiger partial charge in [0.05, 0.1) is 5.92 Å². The summed E-state index contributed by atoms with van der Waals surface area (Å²) in [5.41, 5.74) is 0. The van der Waals surface area contributed by atoms with Gasteiger partial charge in [0, 0.05) is 0 Å². The van der Waals surface area contributed by atoms with Gasteiger partial charge < -0.3 is 4.74 Å². The molecule has 1 aliphatic heterocycles. The summed E-state index contributed by atoms with van der Waals surface area (Å²) in [7, 11) is 0. The van der Waals surface area contributed by atoms with E-state index in [4.69, 9.17) is 4.74 Å². The molecule has 3 heteroatoms. The van der Waals surface area contributed by atoms with Gasteiger partial charge in [-0.15, -0.1) is 0 Å². The fourth-order valence-corrected chi connectivity index (χ4v) is 1.88. The van der Waals surface area contributed by atoms with Crippen LogP contribution in [0.5, 0.6) is 0 Å². The van der Waals surface area contributed by atoms with Gasteiger partial charge in [-0.05, 0) is 19.3 Å². The van der Waals surface area contributed by atoms with E-state index in [2.05, 4.69) is 0 Å². The van der Waals surface area contributed by atoms with Gasteiger partial charge in [-0.1, -0.05) is 6.42 Å². The summed E-state index contributed by atoms with van der Waals surface area (Å²) in [6.07, 6.45) is 3.78. The third-order valence-electron chi connectivity index (χ3n) is 2.50. The number of ether oxygens (including phenoxy) is 1. The molecule has 1 saturated heterocycles. The highest BCUT2D eigenvalue weighted by atomic mass is 16.6. The van der Waals surface area contributed by atoms with Crippen LogP contribution in [-0.4, -0.2) is 17.9 Å². The molecule has 60 valence electrons. The van der Waals surface area contributed by atoms with Crippen LogP contribution in [-0.2, 0) is 14.3 Å². The Morgan fingerprint density at radius 1 is 1.18 bits per heavy atom. The summed E-state index contributed by atoms with van der Waals surface area (Å²) in [6.45, 7) is 0. The first-order valence-electron chi connectivity index (χ1n) is 4.04. The Morgan fingerprint density at radius 2 is 1.91 bits per heavy atom. The molecule has 1 aliphatic carbocycles. The number of ketones is 1. The van der Waals surface area contributed by atoms with Crippen molar-refractivity contribution in [3.8, 4) is 0 Å². The molecule has 0 radical (unpaired) electrons. The average molecular weight is 154 g/mol. The molecule has 2 atom stereocenters. The Morgan fingerprint density at radius 3 is 2.64 bits per heavy atom. The van der Waals surface area contributed by atoms with Gasteiger partial charge in [-0.2, -0.15) is 0 Å². The number of hydrogen-bond acceptors (Lipinski definition) is 3. The zero-order chi connectivity index (χ0) is 7.84. The van der Waals surface area contributed by atoms with Crippen molar-refractivity contribution in [3.63, 3.8) is 0 Å². The van der Waals surface area contributed by atoms with E-state index in [1.54, 1.807) is 0 Å². The van der Waals surface area contributed by atoms with Crippen LogP contribution in [0, 0.1) is 5.92 Å². The summed E-state index contributed by atoms with van der Waals surface area (Å²) >= 11 is 0. The number of hydrogen-bond donors (Lipinski definition) is 0. The molecule has 0 aromatic heterocycles. The number of Topliss-reactive ketones (excluding diaryl/α,β-unsaturated/α-hetero) is 1. The molecular formula is C8H10O3. The topological polar surface area (TPSA) is 43.4 Å². The van der Waals surface area contributed by atoms with Crippen LogP contribution in [0.1, 0.15) is 25.7 Å². The van der Waals surface area contributed by atoms with Crippen molar-refractivity contribution in [1.29, 1.82) is 0 Å². The number of carbonyl (C=O) groups excluding carboxylic acids is 2. The highest BCUT2D eigenvalue weighted by Gasteiger charge is 2.44. The molecule has 1 heterocycles. The average Bonchev–Trinajstić information content (AvgIpc) is 2.30. The lowest BCUT2D eigenvalue weighted by Gasteiger charge is -2.20. The van der Waals surface area contributed by atoms with Crippen molar-refractivity contribution >= 4 is 11.8 Å². The third kappa shape index (κ3) is 0.951. The van der Waals surface area contributed by atoms with Crippen LogP contribution < -0.4 is 0 Å². The number of fused-ring (bicyclic) bond motifs is 1. The first kappa shape index (κ1) is 6.83. The lowest BCUT2D eigenvalue weighted by atomic mass is 9.86. The van der Waals surface area contributed by atoms with Crippen LogP contribution >= 0.6 is 0 Å². The van der Waals surface area contributed by atoms with Crippen LogP contribution in [0.4, 0.5) is 0 Å². The van der Waals surface area contributed by atoms with Crippen molar-refractivity contribution < 1.29 is 14.3 Å². The quantitative estimate of drug-likeness (QED) is 0.380. The Labute approximate surface area is 64.7 Å². The van der Waals surface area contributed by atoms with E-state index < -0.39 is 5.97 Å². The first-order valence-corrected chi connectivity index (χ1v) is 4.04. The predicted molar refractivity (Wildman–Crippen MR) is 36.8 cm³/mol. The van der Waals surface area contributed by atoms with Crippen LogP contribution in [0.2, 0.25) is 0 Å². The lowest BCUT2D eigenvalue weighted by molar-refractivity contribution is -0.149. The monoisotopic (exact) mass is 154 g/mol. The SMILES string of the molecule is O=C1OC2CCCCC2C1=O. The lowest BCUT2D eigenvalue weighted by Crippen LogP contribution is -2.24. The second kappa shape index (κ2) is 2.32. The summed E-state index contributed by atoms with van der Waals surface area (Å²) in [4.78, 5) is 21.8. The van der Waals surface area contributed by atoms with Gasteiger partial charge >= 0.3 is 5.97 Å². The van der Waals surface area contributed by atoms with E-state index in [0.29, 0.717) is 0 Å². The van der Waals surface area contributed by atoms with E-state index in [-0.39, 0.29) is 17.8 Å². The molecule has 2 unspecified atom stereocenters. The first-order chi connectivity index (χ1) is 5.29. The van der Waals surface area contributed by atoms with Crippen LogP contribution in [0.15, 0.2) is 0 Å². The third-order valence-corrected chi connectivity index (χ3v) is 2.50. The molecule has 3 nitrogen and oxygen atoms in total. The molecule has 2 rings (SSSR count). The minimum Gasteiger partial charge on any atom is -0.456 e. The second-order valence-corrected chi connectivity index (χ2v) is 3.20. The van der Waals surface area contributed by atoms with Gasteiger partial charge in [0.15, 0.2) is 0 Å². The van der Waals surface area contributed by atoms with Crippen molar-refractivity contribution in [1.82, 2.24) is 0 Å². The second-order valence-electron chi connectivity index (χ2n) is 3.20. The number of rotatable bonds is 0. The molecular weight excluding hydrogens is 144 g/mol. The van der Waals surface area contributed by atoms with Crippen molar-refractivity contribution in [2.45, 2.75) is 31.8 Å². The molecule has 0 N–H and O–H groups in total. The summed E-state index contributed by atoms with van der Waals surface area (Å²) in [6, 6.07) is 0. The van der Waals surface area contributed by atoms with Crippen molar-refractivity contribution in [3.05, 3.63) is 0 Å². The largest absolute Gasteiger partial charge is 0.456 e. The van der Waals surface area contributed by atoms with Gasteiger partial charge in [-0.3, -0.25) is 4.79 Å². The summed E-state index contributed by atoms with van der Waals surface area (Å²) in [5, 5.41) is 0. The molecule has 0 aromatic rings. The molecule has 0 amide bonds. The summed E-state index contributed by atoms with van der Waals surface area (Å²) < 4.78 is 4.89. The molecule has 2 aliphatic rings. The van der Waals surface area contributed by atoms with Crippen LogP contribution in [0.3, 0.4) is 0 Å². The fourth-order valence-electron chi connectivity index (χ4n) is 1.88. The maximum atomic E-state index is 11.1. The van der Waals surface area contributed by atoms with E-state index >= 15 is 0 Å². The van der Waals surface area contributed by atoms with Gasteiger partial charge in [0.25, 0.3) is 0 Å². The van der Waals surface area contributed by atoms with Crippen LogP contribution in [0.25, 0.3) is 0 Å². The zero-order valence-electron chi connectivity index (χ0n) is 6.21. The van der Waals surface area contributed by atoms with Crippen molar-refractivity contribution in [2.75, 3.05) is 0 Å². The van der Waals surface area contributed by atoms with Crippen molar-refractivity contribution in [2.24, 2.45) is 5.92 Å². The molecule has 11 heavy (non-hydrogen) atoms.